The van der Waals surface area contributed by atoms with Crippen LogP contribution in [-0.2, 0) is 4.79 Å². The monoisotopic (exact) mass is 266 g/mol. The second-order valence-electron chi connectivity index (χ2n) is 3.95. The van der Waals surface area contributed by atoms with Gasteiger partial charge in [0.25, 0.3) is 0 Å². The second kappa shape index (κ2) is 5.60. The zero-order chi connectivity index (χ0) is 13.8. The minimum absolute atomic E-state index is 0.0376. The molecular formula is C13H12F2N2O2. The summed E-state index contributed by atoms with van der Waals surface area (Å²) in [6.45, 7) is 3.65. The minimum Gasteiger partial charge on any atom is -0.489 e. The molecule has 0 atom stereocenters. The van der Waals surface area contributed by atoms with Gasteiger partial charge >= 0.3 is 0 Å². The van der Waals surface area contributed by atoms with E-state index in [2.05, 4.69) is 17.1 Å². The molecule has 6 heteroatoms. The number of halogens is 2. The normalized spacial score (nSPS) is 15.6. The molecule has 0 unspecified atom stereocenters. The molecule has 0 bridgehead atoms. The molecule has 4 nitrogen and oxygen atoms in total. The lowest BCUT2D eigenvalue weighted by Gasteiger charge is -2.19. The van der Waals surface area contributed by atoms with Crippen molar-refractivity contribution in [3.8, 4) is 5.75 Å². The van der Waals surface area contributed by atoms with Gasteiger partial charge < -0.3 is 4.74 Å². The molecule has 0 saturated carbocycles. The number of hydrazone groups is 1. The number of hydrogen-bond acceptors (Lipinski definition) is 3. The molecular weight excluding hydrogens is 254 g/mol. The maximum atomic E-state index is 13.5. The first-order valence-corrected chi connectivity index (χ1v) is 5.70. The van der Waals surface area contributed by atoms with E-state index in [1.54, 1.807) is 0 Å². The van der Waals surface area contributed by atoms with Gasteiger partial charge in [-0.3, -0.25) is 4.79 Å². The molecule has 100 valence electrons. The molecule has 1 amide bonds. The Kier molecular flexibility index (Phi) is 3.89. The van der Waals surface area contributed by atoms with Crippen molar-refractivity contribution < 1.29 is 18.3 Å². The van der Waals surface area contributed by atoms with Crippen LogP contribution in [0.15, 0.2) is 29.9 Å². The summed E-state index contributed by atoms with van der Waals surface area (Å²) in [4.78, 5) is 11.3. The molecule has 19 heavy (non-hydrogen) atoms. The van der Waals surface area contributed by atoms with Crippen molar-refractivity contribution in [3.05, 3.63) is 42.0 Å². The van der Waals surface area contributed by atoms with Gasteiger partial charge in [-0.05, 0) is 6.07 Å². The number of carbonyl (C=O) groups is 1. The first-order chi connectivity index (χ1) is 9.11. The number of carbonyl (C=O) groups excluding carboxylic acids is 1. The van der Waals surface area contributed by atoms with Crippen molar-refractivity contribution in [3.63, 3.8) is 0 Å². The van der Waals surface area contributed by atoms with Gasteiger partial charge in [0.15, 0.2) is 11.6 Å². The molecule has 0 radical (unpaired) electrons. The number of nitrogens with one attached hydrogen (secondary N) is 1. The van der Waals surface area contributed by atoms with Gasteiger partial charge in [0, 0.05) is 24.5 Å². The van der Waals surface area contributed by atoms with Crippen LogP contribution < -0.4 is 10.2 Å². The van der Waals surface area contributed by atoms with Crippen LogP contribution in [0.25, 0.3) is 0 Å². The third-order valence-corrected chi connectivity index (χ3v) is 2.55. The highest BCUT2D eigenvalue weighted by atomic mass is 19.1. The highest BCUT2D eigenvalue weighted by molar-refractivity contribution is 6.04. The standard InChI is InChI=1S/C13H12F2N2O2/c1-2-3-12(18)17-16-11-4-5-19-13-9(11)6-8(14)7-10(13)15/h2,6-7H,1,3-5H2,(H,17,18)/b16-11-. The Balaban J connectivity index is 2.29. The first-order valence-electron chi connectivity index (χ1n) is 5.70. The molecule has 1 aromatic rings. The van der Waals surface area contributed by atoms with Crippen LogP contribution in [0.3, 0.4) is 0 Å². The zero-order valence-corrected chi connectivity index (χ0v) is 10.1. The van der Waals surface area contributed by atoms with Crippen LogP contribution in [0.1, 0.15) is 18.4 Å². The Morgan fingerprint density at radius 2 is 2.32 bits per heavy atom. The number of fused-ring (bicyclic) bond motifs is 1. The number of amides is 1. The van der Waals surface area contributed by atoms with Crippen LogP contribution in [-0.4, -0.2) is 18.2 Å². The van der Waals surface area contributed by atoms with Crippen LogP contribution in [0.2, 0.25) is 0 Å². The lowest BCUT2D eigenvalue weighted by atomic mass is 10.0. The predicted molar refractivity (Wildman–Crippen MR) is 66.0 cm³/mol. The van der Waals surface area contributed by atoms with Crippen LogP contribution >= 0.6 is 0 Å². The Labute approximate surface area is 108 Å². The van der Waals surface area contributed by atoms with E-state index in [-0.39, 0.29) is 30.2 Å². The zero-order valence-electron chi connectivity index (χ0n) is 10.1. The average Bonchev–Trinajstić information content (AvgIpc) is 2.36. The van der Waals surface area contributed by atoms with Gasteiger partial charge in [0.05, 0.1) is 12.3 Å². The Morgan fingerprint density at radius 3 is 3.05 bits per heavy atom. The van der Waals surface area contributed by atoms with Crippen LogP contribution in [0, 0.1) is 11.6 Å². The lowest BCUT2D eigenvalue weighted by Crippen LogP contribution is -2.23. The summed E-state index contributed by atoms with van der Waals surface area (Å²) in [7, 11) is 0. The predicted octanol–water partition coefficient (Wildman–Crippen LogP) is 2.14. The summed E-state index contributed by atoms with van der Waals surface area (Å²) >= 11 is 0. The average molecular weight is 266 g/mol. The highest BCUT2D eigenvalue weighted by Gasteiger charge is 2.22. The summed E-state index contributed by atoms with van der Waals surface area (Å²) in [6.07, 6.45) is 1.93. The van der Waals surface area contributed by atoms with Gasteiger partial charge in [0.2, 0.25) is 5.91 Å². The van der Waals surface area contributed by atoms with E-state index >= 15 is 0 Å². The molecule has 0 aromatic heterocycles. The first kappa shape index (κ1) is 13.2. The number of hydrogen-bond donors (Lipinski definition) is 1. The molecule has 1 heterocycles. The van der Waals surface area contributed by atoms with Gasteiger partial charge in [0.1, 0.15) is 5.82 Å². The van der Waals surface area contributed by atoms with Crippen molar-refractivity contribution in [2.24, 2.45) is 5.10 Å². The van der Waals surface area contributed by atoms with Gasteiger partial charge in [-0.1, -0.05) is 6.08 Å². The van der Waals surface area contributed by atoms with Crippen molar-refractivity contribution >= 4 is 11.6 Å². The molecule has 2 rings (SSSR count). The van der Waals surface area contributed by atoms with Crippen molar-refractivity contribution in [2.75, 3.05) is 6.61 Å². The van der Waals surface area contributed by atoms with Crippen molar-refractivity contribution in [2.45, 2.75) is 12.8 Å². The minimum atomic E-state index is -0.778. The van der Waals surface area contributed by atoms with E-state index < -0.39 is 11.6 Å². The maximum Gasteiger partial charge on any atom is 0.243 e. The summed E-state index contributed by atoms with van der Waals surface area (Å²) in [5.74, 6) is -1.87. The fourth-order valence-electron chi connectivity index (χ4n) is 1.73. The summed E-state index contributed by atoms with van der Waals surface area (Å²) < 4.78 is 31.8. The van der Waals surface area contributed by atoms with Crippen LogP contribution in [0.4, 0.5) is 8.78 Å². The smallest absolute Gasteiger partial charge is 0.243 e. The van der Waals surface area contributed by atoms with E-state index in [4.69, 9.17) is 4.74 Å². The lowest BCUT2D eigenvalue weighted by molar-refractivity contribution is -0.120. The van der Waals surface area contributed by atoms with E-state index in [1.165, 1.54) is 6.08 Å². The van der Waals surface area contributed by atoms with Crippen molar-refractivity contribution in [1.29, 1.82) is 0 Å². The molecule has 0 fully saturated rings. The number of ether oxygens (including phenoxy) is 1. The van der Waals surface area contributed by atoms with Crippen molar-refractivity contribution in [1.82, 2.24) is 5.43 Å². The molecule has 1 aliphatic heterocycles. The molecule has 0 saturated heterocycles. The largest absolute Gasteiger partial charge is 0.489 e. The van der Waals surface area contributed by atoms with Gasteiger partial charge in [-0.25, -0.2) is 14.2 Å². The van der Waals surface area contributed by atoms with Crippen LogP contribution in [0.5, 0.6) is 5.75 Å². The molecule has 1 aliphatic rings. The SMILES string of the molecule is C=CCC(=O)N/N=C1/CCOc2c(F)cc(F)cc21. The third-order valence-electron chi connectivity index (χ3n) is 2.55. The van der Waals surface area contributed by atoms with E-state index in [9.17, 15) is 13.6 Å². The highest BCUT2D eigenvalue weighted by Crippen LogP contribution is 2.29. The summed E-state index contributed by atoms with van der Waals surface area (Å²) in [5.41, 5.74) is 2.92. The number of nitrogens with zero attached hydrogens (tertiary/aromatic N) is 1. The molecule has 1 N–H and O–H groups in total. The topological polar surface area (TPSA) is 50.7 Å². The molecule has 0 spiro atoms. The fourth-order valence-corrected chi connectivity index (χ4v) is 1.73. The molecule has 0 aliphatic carbocycles. The van der Waals surface area contributed by atoms with Gasteiger partial charge in [-0.2, -0.15) is 5.10 Å². The maximum absolute atomic E-state index is 13.5. The molecule has 1 aromatic carbocycles. The summed E-state index contributed by atoms with van der Waals surface area (Å²) in [6, 6.07) is 1.88. The third kappa shape index (κ3) is 2.96. The quantitative estimate of drug-likeness (QED) is 0.673. The fraction of sp³-hybridized carbons (Fsp3) is 0.231. The van der Waals surface area contributed by atoms with E-state index in [0.29, 0.717) is 12.1 Å². The number of rotatable bonds is 3. The second-order valence-corrected chi connectivity index (χ2v) is 3.95. The van der Waals surface area contributed by atoms with E-state index in [0.717, 1.165) is 12.1 Å². The Bertz CT molecular complexity index is 556. The van der Waals surface area contributed by atoms with E-state index in [1.807, 2.05) is 0 Å². The number of benzene rings is 1. The summed E-state index contributed by atoms with van der Waals surface area (Å²) in [5, 5.41) is 3.88. The van der Waals surface area contributed by atoms with Gasteiger partial charge in [-0.15, -0.1) is 6.58 Å². The Hall–Kier alpha value is -2.24. The Morgan fingerprint density at radius 1 is 1.53 bits per heavy atom.